The largest absolute Gasteiger partial charge is 0.497 e. The van der Waals surface area contributed by atoms with Crippen LogP contribution in [-0.4, -0.2) is 31.8 Å². The maximum atomic E-state index is 6.01. The van der Waals surface area contributed by atoms with Gasteiger partial charge in [0.25, 0.3) is 0 Å². The standard InChI is InChI=1S/C14H23NO2S/c1-4-12(15)9-11-5-6-13(16-2)10-14(11)17-7-8-18-3/h5-6,10,12H,4,7-9,15H2,1-3H3. The van der Waals surface area contributed by atoms with Crippen LogP contribution in [0.4, 0.5) is 0 Å². The predicted molar refractivity (Wildman–Crippen MR) is 78.8 cm³/mol. The molecule has 0 bridgehead atoms. The third kappa shape index (κ3) is 4.78. The highest BCUT2D eigenvalue weighted by molar-refractivity contribution is 7.98. The molecule has 0 saturated carbocycles. The number of thioether (sulfide) groups is 1. The molecule has 18 heavy (non-hydrogen) atoms. The Bertz CT molecular complexity index is 358. The van der Waals surface area contributed by atoms with Gasteiger partial charge < -0.3 is 15.2 Å². The summed E-state index contributed by atoms with van der Waals surface area (Å²) in [6, 6.07) is 6.13. The molecule has 2 N–H and O–H groups in total. The normalized spacial score (nSPS) is 12.2. The smallest absolute Gasteiger partial charge is 0.126 e. The van der Waals surface area contributed by atoms with E-state index in [1.165, 1.54) is 0 Å². The van der Waals surface area contributed by atoms with Crippen molar-refractivity contribution in [1.29, 1.82) is 0 Å². The lowest BCUT2D eigenvalue weighted by Crippen LogP contribution is -2.21. The minimum Gasteiger partial charge on any atom is -0.497 e. The number of hydrogen-bond donors (Lipinski definition) is 1. The van der Waals surface area contributed by atoms with E-state index in [0.717, 1.165) is 35.7 Å². The summed E-state index contributed by atoms with van der Waals surface area (Å²) in [6.07, 6.45) is 3.88. The molecule has 0 aromatic heterocycles. The Morgan fingerprint density at radius 1 is 1.39 bits per heavy atom. The molecule has 1 atom stereocenters. The van der Waals surface area contributed by atoms with Gasteiger partial charge in [-0.25, -0.2) is 0 Å². The molecule has 0 spiro atoms. The first-order valence-corrected chi connectivity index (χ1v) is 7.64. The summed E-state index contributed by atoms with van der Waals surface area (Å²) < 4.78 is 11.0. The second kappa shape index (κ2) is 8.27. The van der Waals surface area contributed by atoms with Crippen LogP contribution in [0, 0.1) is 0 Å². The van der Waals surface area contributed by atoms with E-state index in [1.54, 1.807) is 18.9 Å². The molecule has 0 saturated heterocycles. The molecule has 0 heterocycles. The van der Waals surface area contributed by atoms with E-state index in [-0.39, 0.29) is 6.04 Å². The fraction of sp³-hybridized carbons (Fsp3) is 0.571. The van der Waals surface area contributed by atoms with Crippen molar-refractivity contribution in [1.82, 2.24) is 0 Å². The Labute approximate surface area is 114 Å². The highest BCUT2D eigenvalue weighted by Crippen LogP contribution is 2.26. The SMILES string of the molecule is CCC(N)Cc1ccc(OC)cc1OCCSC. The van der Waals surface area contributed by atoms with Crippen LogP contribution in [0.3, 0.4) is 0 Å². The van der Waals surface area contributed by atoms with Crippen LogP contribution in [-0.2, 0) is 6.42 Å². The molecule has 102 valence electrons. The van der Waals surface area contributed by atoms with Crippen LogP contribution < -0.4 is 15.2 Å². The van der Waals surface area contributed by atoms with Crippen LogP contribution in [0.25, 0.3) is 0 Å². The summed E-state index contributed by atoms with van der Waals surface area (Å²) >= 11 is 1.77. The Morgan fingerprint density at radius 2 is 2.17 bits per heavy atom. The van der Waals surface area contributed by atoms with Gasteiger partial charge in [-0.15, -0.1) is 0 Å². The lowest BCUT2D eigenvalue weighted by molar-refractivity contribution is 0.335. The number of hydrogen-bond acceptors (Lipinski definition) is 4. The van der Waals surface area contributed by atoms with Crippen LogP contribution in [0.1, 0.15) is 18.9 Å². The van der Waals surface area contributed by atoms with Crippen molar-refractivity contribution < 1.29 is 9.47 Å². The van der Waals surface area contributed by atoms with Crippen molar-refractivity contribution in [2.45, 2.75) is 25.8 Å². The second-order valence-electron chi connectivity index (χ2n) is 4.19. The van der Waals surface area contributed by atoms with E-state index in [2.05, 4.69) is 13.2 Å². The highest BCUT2D eigenvalue weighted by Gasteiger charge is 2.09. The zero-order chi connectivity index (χ0) is 13.4. The van der Waals surface area contributed by atoms with Crippen LogP contribution in [0.2, 0.25) is 0 Å². The van der Waals surface area contributed by atoms with E-state index in [9.17, 15) is 0 Å². The molecule has 0 radical (unpaired) electrons. The molecular weight excluding hydrogens is 246 g/mol. The molecule has 3 nitrogen and oxygen atoms in total. The highest BCUT2D eigenvalue weighted by atomic mass is 32.2. The lowest BCUT2D eigenvalue weighted by Gasteiger charge is -2.15. The summed E-state index contributed by atoms with van der Waals surface area (Å²) in [5, 5.41) is 0. The first-order chi connectivity index (χ1) is 8.71. The van der Waals surface area contributed by atoms with Gasteiger partial charge in [0.15, 0.2) is 0 Å². The van der Waals surface area contributed by atoms with Gasteiger partial charge in [-0.1, -0.05) is 13.0 Å². The van der Waals surface area contributed by atoms with Gasteiger partial charge in [-0.05, 0) is 30.7 Å². The molecule has 0 aliphatic rings. The summed E-state index contributed by atoms with van der Waals surface area (Å²) in [5.41, 5.74) is 7.17. The number of benzene rings is 1. The monoisotopic (exact) mass is 269 g/mol. The number of rotatable bonds is 8. The topological polar surface area (TPSA) is 44.5 Å². The molecule has 4 heteroatoms. The molecule has 0 aliphatic carbocycles. The molecule has 1 aromatic carbocycles. The van der Waals surface area contributed by atoms with Crippen LogP contribution in [0.15, 0.2) is 18.2 Å². The molecule has 1 rings (SSSR count). The van der Waals surface area contributed by atoms with Crippen molar-refractivity contribution in [2.24, 2.45) is 5.73 Å². The minimum absolute atomic E-state index is 0.182. The van der Waals surface area contributed by atoms with E-state index in [1.807, 2.05) is 18.2 Å². The minimum atomic E-state index is 0.182. The first-order valence-electron chi connectivity index (χ1n) is 6.25. The van der Waals surface area contributed by atoms with Crippen LogP contribution >= 0.6 is 11.8 Å². The second-order valence-corrected chi connectivity index (χ2v) is 5.17. The average molecular weight is 269 g/mol. The van der Waals surface area contributed by atoms with Gasteiger partial charge >= 0.3 is 0 Å². The lowest BCUT2D eigenvalue weighted by atomic mass is 10.0. The Kier molecular flexibility index (Phi) is 6.98. The summed E-state index contributed by atoms with van der Waals surface area (Å²) in [6.45, 7) is 2.81. The summed E-state index contributed by atoms with van der Waals surface area (Å²) in [5.74, 6) is 2.70. The maximum Gasteiger partial charge on any atom is 0.126 e. The Morgan fingerprint density at radius 3 is 2.78 bits per heavy atom. The zero-order valence-electron chi connectivity index (χ0n) is 11.4. The Balaban J connectivity index is 2.79. The van der Waals surface area contributed by atoms with Gasteiger partial charge in [0.1, 0.15) is 11.5 Å². The van der Waals surface area contributed by atoms with Crippen molar-refractivity contribution in [2.75, 3.05) is 25.7 Å². The number of ether oxygens (including phenoxy) is 2. The summed E-state index contributed by atoms with van der Waals surface area (Å²) in [4.78, 5) is 0. The Hall–Kier alpha value is -0.870. The first kappa shape index (κ1) is 15.2. The molecule has 0 aliphatic heterocycles. The quantitative estimate of drug-likeness (QED) is 0.737. The molecule has 1 unspecified atom stereocenters. The van der Waals surface area contributed by atoms with Crippen molar-refractivity contribution >= 4 is 11.8 Å². The van der Waals surface area contributed by atoms with Crippen molar-refractivity contribution in [3.8, 4) is 11.5 Å². The zero-order valence-corrected chi connectivity index (χ0v) is 12.3. The van der Waals surface area contributed by atoms with Gasteiger partial charge in [0.2, 0.25) is 0 Å². The predicted octanol–water partition coefficient (Wildman–Crippen LogP) is 2.72. The van der Waals surface area contributed by atoms with Gasteiger partial charge in [-0.2, -0.15) is 11.8 Å². The fourth-order valence-corrected chi connectivity index (χ4v) is 1.88. The molecule has 0 fully saturated rings. The van der Waals surface area contributed by atoms with E-state index in [0.29, 0.717) is 6.61 Å². The third-order valence-electron chi connectivity index (χ3n) is 2.83. The summed E-state index contributed by atoms with van der Waals surface area (Å²) in [7, 11) is 1.67. The van der Waals surface area contributed by atoms with Crippen molar-refractivity contribution in [3.05, 3.63) is 23.8 Å². The van der Waals surface area contributed by atoms with Gasteiger partial charge in [0, 0.05) is 17.9 Å². The van der Waals surface area contributed by atoms with Gasteiger partial charge in [0.05, 0.1) is 13.7 Å². The number of methoxy groups -OCH3 is 1. The number of nitrogens with two attached hydrogens (primary N) is 1. The molecular formula is C14H23NO2S. The third-order valence-corrected chi connectivity index (χ3v) is 3.40. The van der Waals surface area contributed by atoms with E-state index >= 15 is 0 Å². The fourth-order valence-electron chi connectivity index (χ4n) is 1.63. The van der Waals surface area contributed by atoms with E-state index in [4.69, 9.17) is 15.2 Å². The maximum absolute atomic E-state index is 6.01. The average Bonchev–Trinajstić information content (AvgIpc) is 2.40. The molecule has 1 aromatic rings. The van der Waals surface area contributed by atoms with E-state index < -0.39 is 0 Å². The van der Waals surface area contributed by atoms with Crippen molar-refractivity contribution in [3.63, 3.8) is 0 Å². The van der Waals surface area contributed by atoms with Gasteiger partial charge in [-0.3, -0.25) is 0 Å². The van der Waals surface area contributed by atoms with Crippen LogP contribution in [0.5, 0.6) is 11.5 Å². The molecule has 0 amide bonds.